The first-order chi connectivity index (χ1) is 8.12. The van der Waals surface area contributed by atoms with Crippen LogP contribution in [0.4, 0.5) is 0 Å². The van der Waals surface area contributed by atoms with Crippen LogP contribution in [0, 0.1) is 0 Å². The topological polar surface area (TPSA) is 34.9 Å². The molecule has 0 unspecified atom stereocenters. The average Bonchev–Trinajstić information content (AvgIpc) is 2.26. The Balaban J connectivity index is 2.33. The van der Waals surface area contributed by atoms with Crippen molar-refractivity contribution in [3.05, 3.63) is 39.9 Å². The summed E-state index contributed by atoms with van der Waals surface area (Å²) in [4.78, 5) is 16.8. The number of rotatable bonds is 1. The van der Waals surface area contributed by atoms with Gasteiger partial charge in [0.2, 0.25) is 0 Å². The van der Waals surface area contributed by atoms with Crippen molar-refractivity contribution in [3.63, 3.8) is 0 Å². The Kier molecular flexibility index (Phi) is 2.26. The Labute approximate surface area is 104 Å². The maximum atomic E-state index is 12.4. The number of hydrogen-bond acceptors (Lipinski definition) is 2. The van der Waals surface area contributed by atoms with Crippen LogP contribution in [0.15, 0.2) is 29.3 Å². The number of halogens is 1. The summed E-state index contributed by atoms with van der Waals surface area (Å²) >= 11 is 6.09. The highest BCUT2D eigenvalue weighted by molar-refractivity contribution is 6.35. The monoisotopic (exact) mass is 248 g/mol. The predicted octanol–water partition coefficient (Wildman–Crippen LogP) is 2.95. The van der Waals surface area contributed by atoms with Crippen LogP contribution in [0.5, 0.6) is 0 Å². The van der Waals surface area contributed by atoms with Gasteiger partial charge in [-0.2, -0.15) is 0 Å². The molecule has 0 amide bonds. The Hall–Kier alpha value is -1.35. The number of benzene rings is 1. The summed E-state index contributed by atoms with van der Waals surface area (Å²) in [5.74, 6) is 0. The van der Waals surface area contributed by atoms with E-state index in [0.29, 0.717) is 15.9 Å². The number of hydrogen-bond donors (Lipinski definition) is 0. The maximum Gasteiger partial charge on any atom is 0.263 e. The molecule has 1 saturated carbocycles. The second-order valence-electron chi connectivity index (χ2n) is 4.90. The normalized spacial score (nSPS) is 18.0. The number of fused-ring (bicyclic) bond motifs is 1. The third-order valence-corrected chi connectivity index (χ3v) is 4.06. The lowest BCUT2D eigenvalue weighted by molar-refractivity contribution is 0.162. The molecule has 0 atom stereocenters. The lowest BCUT2D eigenvalue weighted by Gasteiger charge is -2.39. The van der Waals surface area contributed by atoms with E-state index in [1.165, 1.54) is 6.42 Å². The highest BCUT2D eigenvalue weighted by Gasteiger charge is 2.34. The Morgan fingerprint density at radius 3 is 2.82 bits per heavy atom. The molecule has 3 nitrogen and oxygen atoms in total. The largest absolute Gasteiger partial charge is 0.293 e. The van der Waals surface area contributed by atoms with Crippen LogP contribution in [0.2, 0.25) is 5.02 Å². The van der Waals surface area contributed by atoms with E-state index in [2.05, 4.69) is 11.9 Å². The van der Waals surface area contributed by atoms with Gasteiger partial charge in [0.25, 0.3) is 5.56 Å². The van der Waals surface area contributed by atoms with Gasteiger partial charge < -0.3 is 0 Å². The molecule has 2 aromatic rings. The highest BCUT2D eigenvalue weighted by Crippen LogP contribution is 2.37. The molecule has 0 saturated heterocycles. The summed E-state index contributed by atoms with van der Waals surface area (Å²) in [6.45, 7) is 2.10. The van der Waals surface area contributed by atoms with Crippen molar-refractivity contribution in [1.82, 2.24) is 9.55 Å². The van der Waals surface area contributed by atoms with Crippen molar-refractivity contribution in [2.45, 2.75) is 31.7 Å². The summed E-state index contributed by atoms with van der Waals surface area (Å²) in [6, 6.07) is 5.36. The van der Waals surface area contributed by atoms with Crippen molar-refractivity contribution in [1.29, 1.82) is 0 Å². The molecule has 0 N–H and O–H groups in total. The van der Waals surface area contributed by atoms with Crippen LogP contribution in [0.25, 0.3) is 10.9 Å². The second-order valence-corrected chi connectivity index (χ2v) is 5.31. The van der Waals surface area contributed by atoms with Crippen LogP contribution >= 0.6 is 11.6 Å². The van der Waals surface area contributed by atoms with Crippen molar-refractivity contribution in [2.24, 2.45) is 0 Å². The van der Waals surface area contributed by atoms with Gasteiger partial charge in [-0.1, -0.05) is 17.7 Å². The standard InChI is InChI=1S/C13H13ClN2O/c1-13(6-3-7-13)16-8-15-10-5-2-4-9(14)11(10)12(16)17/h2,4-5,8H,3,6-7H2,1H3. The van der Waals surface area contributed by atoms with Crippen LogP contribution in [-0.2, 0) is 5.54 Å². The zero-order chi connectivity index (χ0) is 12.0. The molecule has 1 aromatic carbocycles. The lowest BCUT2D eigenvalue weighted by atomic mass is 9.78. The van der Waals surface area contributed by atoms with Gasteiger partial charge in [-0.15, -0.1) is 0 Å². The van der Waals surface area contributed by atoms with Crippen LogP contribution in [0.3, 0.4) is 0 Å². The molecule has 1 aliphatic carbocycles. The first-order valence-corrected chi connectivity index (χ1v) is 6.16. The van der Waals surface area contributed by atoms with Gasteiger partial charge in [0.1, 0.15) is 0 Å². The number of nitrogens with zero attached hydrogens (tertiary/aromatic N) is 2. The van der Waals surface area contributed by atoms with Crippen LogP contribution in [0.1, 0.15) is 26.2 Å². The molecule has 0 spiro atoms. The van der Waals surface area contributed by atoms with E-state index in [1.807, 2.05) is 12.1 Å². The molecule has 17 heavy (non-hydrogen) atoms. The van der Waals surface area contributed by atoms with E-state index in [0.717, 1.165) is 12.8 Å². The van der Waals surface area contributed by atoms with E-state index >= 15 is 0 Å². The molecule has 4 heteroatoms. The minimum Gasteiger partial charge on any atom is -0.293 e. The SMILES string of the molecule is CC1(n2cnc3cccc(Cl)c3c2=O)CCC1. The zero-order valence-electron chi connectivity index (χ0n) is 9.61. The molecule has 0 radical (unpaired) electrons. The fourth-order valence-corrected chi connectivity index (χ4v) is 2.69. The molecule has 88 valence electrons. The molecule has 0 bridgehead atoms. The summed E-state index contributed by atoms with van der Waals surface area (Å²) in [6.07, 6.45) is 4.89. The van der Waals surface area contributed by atoms with Crippen molar-refractivity contribution < 1.29 is 0 Å². The molecule has 1 aromatic heterocycles. The minimum absolute atomic E-state index is 0.0252. The van der Waals surface area contributed by atoms with E-state index in [1.54, 1.807) is 17.0 Å². The number of aromatic nitrogens is 2. The fraction of sp³-hybridized carbons (Fsp3) is 0.385. The van der Waals surface area contributed by atoms with Gasteiger partial charge in [-0.25, -0.2) is 4.98 Å². The third-order valence-electron chi connectivity index (χ3n) is 3.75. The van der Waals surface area contributed by atoms with E-state index < -0.39 is 0 Å². The first kappa shape index (κ1) is 10.8. The molecular weight excluding hydrogens is 236 g/mol. The van der Waals surface area contributed by atoms with Crippen molar-refractivity contribution in [3.8, 4) is 0 Å². The third kappa shape index (κ3) is 1.49. The average molecular weight is 249 g/mol. The second kappa shape index (κ2) is 3.57. The van der Waals surface area contributed by atoms with Crippen molar-refractivity contribution in [2.75, 3.05) is 0 Å². The first-order valence-electron chi connectivity index (χ1n) is 5.78. The van der Waals surface area contributed by atoms with Gasteiger partial charge >= 0.3 is 0 Å². The Morgan fingerprint density at radius 1 is 1.41 bits per heavy atom. The molecule has 1 aliphatic rings. The summed E-state index contributed by atoms with van der Waals surface area (Å²) < 4.78 is 1.74. The zero-order valence-corrected chi connectivity index (χ0v) is 10.4. The maximum absolute atomic E-state index is 12.4. The van der Waals surface area contributed by atoms with E-state index in [-0.39, 0.29) is 11.1 Å². The summed E-state index contributed by atoms with van der Waals surface area (Å²) in [7, 11) is 0. The molecule has 1 fully saturated rings. The molecule has 1 heterocycles. The van der Waals surface area contributed by atoms with Gasteiger partial charge in [0.05, 0.1) is 22.3 Å². The smallest absolute Gasteiger partial charge is 0.263 e. The highest BCUT2D eigenvalue weighted by atomic mass is 35.5. The van der Waals surface area contributed by atoms with Gasteiger partial charge in [0.15, 0.2) is 0 Å². The van der Waals surface area contributed by atoms with Crippen LogP contribution < -0.4 is 5.56 Å². The quantitative estimate of drug-likeness (QED) is 0.778. The van der Waals surface area contributed by atoms with Gasteiger partial charge in [0, 0.05) is 5.54 Å². The Bertz CT molecular complexity index is 643. The lowest BCUT2D eigenvalue weighted by Crippen LogP contribution is -2.43. The van der Waals surface area contributed by atoms with Crippen molar-refractivity contribution >= 4 is 22.5 Å². The molecular formula is C13H13ClN2O. The van der Waals surface area contributed by atoms with E-state index in [4.69, 9.17) is 11.6 Å². The minimum atomic E-state index is -0.0720. The Morgan fingerprint density at radius 2 is 2.18 bits per heavy atom. The van der Waals surface area contributed by atoms with Gasteiger partial charge in [-0.05, 0) is 38.3 Å². The summed E-state index contributed by atoms with van der Waals surface area (Å²) in [5.41, 5.74) is 0.571. The van der Waals surface area contributed by atoms with Gasteiger partial charge in [-0.3, -0.25) is 9.36 Å². The molecule has 3 rings (SSSR count). The van der Waals surface area contributed by atoms with Crippen LogP contribution in [-0.4, -0.2) is 9.55 Å². The van der Waals surface area contributed by atoms with E-state index in [9.17, 15) is 4.79 Å². The summed E-state index contributed by atoms with van der Waals surface area (Å²) in [5, 5.41) is 1.02. The fourth-order valence-electron chi connectivity index (χ4n) is 2.44. The molecule has 0 aliphatic heterocycles. The predicted molar refractivity (Wildman–Crippen MR) is 68.5 cm³/mol.